The van der Waals surface area contributed by atoms with E-state index >= 15 is 0 Å². The molecule has 2 aromatic heterocycles. The fourth-order valence-corrected chi connectivity index (χ4v) is 1.36. The van der Waals surface area contributed by atoms with E-state index in [1.807, 2.05) is 12.1 Å². The number of pyridine rings is 2. The van der Waals surface area contributed by atoms with Gasteiger partial charge in [0.05, 0.1) is 6.61 Å². The van der Waals surface area contributed by atoms with Gasteiger partial charge in [-0.25, -0.2) is 8.78 Å². The number of ether oxygens (including phenoxy) is 1. The minimum Gasteiger partial charge on any atom is -0.475 e. The van der Waals surface area contributed by atoms with Gasteiger partial charge in [0.2, 0.25) is 0 Å². The molecule has 94 valence electrons. The lowest BCUT2D eigenvalue weighted by Gasteiger charge is -2.07. The zero-order valence-electron chi connectivity index (χ0n) is 9.44. The number of hydrogen-bond donors (Lipinski definition) is 1. The molecule has 0 saturated carbocycles. The first kappa shape index (κ1) is 12.2. The normalized spacial score (nSPS) is 10.3. The Balaban J connectivity index is 1.97. The van der Waals surface area contributed by atoms with Crippen LogP contribution in [0.1, 0.15) is 5.69 Å². The van der Waals surface area contributed by atoms with Crippen molar-refractivity contribution in [2.45, 2.75) is 6.42 Å². The van der Waals surface area contributed by atoms with E-state index < -0.39 is 11.6 Å². The van der Waals surface area contributed by atoms with Crippen molar-refractivity contribution in [2.24, 2.45) is 0 Å². The van der Waals surface area contributed by atoms with Crippen molar-refractivity contribution in [3.63, 3.8) is 0 Å². The fourth-order valence-electron chi connectivity index (χ4n) is 1.36. The van der Waals surface area contributed by atoms with Crippen LogP contribution < -0.4 is 10.5 Å². The van der Waals surface area contributed by atoms with Crippen LogP contribution in [-0.2, 0) is 6.42 Å². The summed E-state index contributed by atoms with van der Waals surface area (Å²) in [6.45, 7) is 0.187. The molecule has 0 aliphatic carbocycles. The zero-order valence-corrected chi connectivity index (χ0v) is 9.44. The molecule has 0 atom stereocenters. The van der Waals surface area contributed by atoms with Crippen molar-refractivity contribution in [2.75, 3.05) is 12.3 Å². The summed E-state index contributed by atoms with van der Waals surface area (Å²) in [7, 11) is 0. The molecule has 2 N–H and O–H groups in total. The molecule has 0 unspecified atom stereocenters. The molecule has 0 saturated heterocycles. The van der Waals surface area contributed by atoms with Gasteiger partial charge in [-0.1, -0.05) is 6.07 Å². The van der Waals surface area contributed by atoms with Crippen LogP contribution in [0.2, 0.25) is 0 Å². The molecule has 0 spiro atoms. The van der Waals surface area contributed by atoms with E-state index in [0.29, 0.717) is 12.5 Å². The van der Waals surface area contributed by atoms with Crippen LogP contribution in [0.5, 0.6) is 5.88 Å². The molecule has 0 aliphatic rings. The van der Waals surface area contributed by atoms with Gasteiger partial charge < -0.3 is 10.5 Å². The van der Waals surface area contributed by atoms with Crippen molar-refractivity contribution in [1.29, 1.82) is 0 Å². The fraction of sp³-hybridized carbons (Fsp3) is 0.167. The van der Waals surface area contributed by atoms with Gasteiger partial charge in [-0.3, -0.25) is 4.98 Å². The van der Waals surface area contributed by atoms with Crippen LogP contribution in [0.15, 0.2) is 30.5 Å². The van der Waals surface area contributed by atoms with Crippen LogP contribution in [0.4, 0.5) is 14.6 Å². The summed E-state index contributed by atoms with van der Waals surface area (Å²) >= 11 is 0. The van der Waals surface area contributed by atoms with Gasteiger partial charge in [0.1, 0.15) is 0 Å². The summed E-state index contributed by atoms with van der Waals surface area (Å²) in [5, 5.41) is 0. The Kier molecular flexibility index (Phi) is 3.66. The van der Waals surface area contributed by atoms with Crippen LogP contribution >= 0.6 is 0 Å². The Labute approximate surface area is 102 Å². The van der Waals surface area contributed by atoms with E-state index in [-0.39, 0.29) is 18.3 Å². The number of halogens is 2. The second kappa shape index (κ2) is 5.39. The first-order valence-electron chi connectivity index (χ1n) is 5.31. The maximum Gasteiger partial charge on any atom is 0.252 e. The minimum absolute atomic E-state index is 0.187. The number of aromatic nitrogens is 2. The van der Waals surface area contributed by atoms with Crippen molar-refractivity contribution >= 4 is 5.82 Å². The van der Waals surface area contributed by atoms with Crippen molar-refractivity contribution in [3.8, 4) is 5.88 Å². The molecule has 6 heteroatoms. The van der Waals surface area contributed by atoms with E-state index in [2.05, 4.69) is 9.97 Å². The minimum atomic E-state index is -0.899. The van der Waals surface area contributed by atoms with E-state index in [4.69, 9.17) is 10.5 Å². The summed E-state index contributed by atoms with van der Waals surface area (Å²) < 4.78 is 31.2. The third-order valence-electron chi connectivity index (χ3n) is 2.25. The van der Waals surface area contributed by atoms with Crippen LogP contribution in [0.3, 0.4) is 0 Å². The summed E-state index contributed by atoms with van der Waals surface area (Å²) in [5.41, 5.74) is 6.04. The summed E-state index contributed by atoms with van der Waals surface area (Å²) in [6.07, 6.45) is 2.16. The van der Waals surface area contributed by atoms with Crippen LogP contribution in [0, 0.1) is 11.6 Å². The molecule has 0 aliphatic heterocycles. The lowest BCUT2D eigenvalue weighted by Crippen LogP contribution is -2.07. The lowest BCUT2D eigenvalue weighted by molar-refractivity contribution is 0.290. The largest absolute Gasteiger partial charge is 0.475 e. The molecular weight excluding hydrogens is 240 g/mol. The number of anilines is 1. The highest BCUT2D eigenvalue weighted by Gasteiger charge is 2.10. The Hall–Kier alpha value is -2.24. The van der Waals surface area contributed by atoms with Crippen molar-refractivity contribution in [1.82, 2.24) is 9.97 Å². The molecule has 0 fully saturated rings. The average molecular weight is 251 g/mol. The summed E-state index contributed by atoms with van der Waals surface area (Å²) in [5.74, 6) is -2.46. The highest BCUT2D eigenvalue weighted by molar-refractivity contribution is 5.34. The second-order valence-corrected chi connectivity index (χ2v) is 3.56. The maximum atomic E-state index is 13.3. The molecule has 2 aromatic rings. The Morgan fingerprint density at radius 1 is 1.22 bits per heavy atom. The van der Waals surface area contributed by atoms with Gasteiger partial charge in [0, 0.05) is 24.4 Å². The standard InChI is InChI=1S/C12H11F2N3O/c13-9-7-10(14)12(17-11(9)15)18-6-4-8-3-1-2-5-16-8/h1-3,5,7H,4,6H2,(H2,15,17). The van der Waals surface area contributed by atoms with Crippen LogP contribution in [-0.4, -0.2) is 16.6 Å². The van der Waals surface area contributed by atoms with E-state index in [0.717, 1.165) is 5.69 Å². The summed E-state index contributed by atoms with van der Waals surface area (Å²) in [4.78, 5) is 7.57. The van der Waals surface area contributed by atoms with Crippen molar-refractivity contribution in [3.05, 3.63) is 47.8 Å². The van der Waals surface area contributed by atoms with Crippen molar-refractivity contribution < 1.29 is 13.5 Å². The van der Waals surface area contributed by atoms with Gasteiger partial charge in [-0.2, -0.15) is 4.98 Å². The Bertz CT molecular complexity index is 534. The third-order valence-corrected chi connectivity index (χ3v) is 2.25. The van der Waals surface area contributed by atoms with Crippen LogP contribution in [0.25, 0.3) is 0 Å². The molecule has 2 heterocycles. The number of rotatable bonds is 4. The molecule has 0 aromatic carbocycles. The van der Waals surface area contributed by atoms with Gasteiger partial charge in [0.25, 0.3) is 5.88 Å². The van der Waals surface area contributed by atoms with E-state index in [1.54, 1.807) is 12.3 Å². The molecule has 0 bridgehead atoms. The smallest absolute Gasteiger partial charge is 0.252 e. The Morgan fingerprint density at radius 2 is 2.06 bits per heavy atom. The molecule has 2 rings (SSSR count). The molecular formula is C12H11F2N3O. The van der Waals surface area contributed by atoms with Gasteiger partial charge in [-0.15, -0.1) is 0 Å². The SMILES string of the molecule is Nc1nc(OCCc2ccccn2)c(F)cc1F. The Morgan fingerprint density at radius 3 is 2.78 bits per heavy atom. The topological polar surface area (TPSA) is 61.0 Å². The van der Waals surface area contributed by atoms with E-state index in [1.165, 1.54) is 0 Å². The number of nitrogens with two attached hydrogens (primary N) is 1. The molecule has 0 radical (unpaired) electrons. The third kappa shape index (κ3) is 2.91. The molecule has 18 heavy (non-hydrogen) atoms. The number of nitrogen functional groups attached to an aromatic ring is 1. The predicted molar refractivity (Wildman–Crippen MR) is 62.0 cm³/mol. The number of nitrogens with zero attached hydrogens (tertiary/aromatic N) is 2. The first-order valence-corrected chi connectivity index (χ1v) is 5.31. The molecule has 0 amide bonds. The molecule has 4 nitrogen and oxygen atoms in total. The first-order chi connectivity index (χ1) is 8.66. The van der Waals surface area contributed by atoms with Gasteiger partial charge in [0.15, 0.2) is 17.5 Å². The summed E-state index contributed by atoms with van der Waals surface area (Å²) in [6, 6.07) is 6.12. The predicted octanol–water partition coefficient (Wildman–Crippen LogP) is 1.96. The zero-order chi connectivity index (χ0) is 13.0. The van der Waals surface area contributed by atoms with E-state index in [9.17, 15) is 8.78 Å². The maximum absolute atomic E-state index is 13.3. The van der Waals surface area contributed by atoms with Gasteiger partial charge >= 0.3 is 0 Å². The highest BCUT2D eigenvalue weighted by atomic mass is 19.1. The average Bonchev–Trinajstić information content (AvgIpc) is 2.37. The highest BCUT2D eigenvalue weighted by Crippen LogP contribution is 2.18. The second-order valence-electron chi connectivity index (χ2n) is 3.56. The van der Waals surface area contributed by atoms with Gasteiger partial charge in [-0.05, 0) is 12.1 Å². The number of hydrogen-bond acceptors (Lipinski definition) is 4. The quantitative estimate of drug-likeness (QED) is 0.902. The lowest BCUT2D eigenvalue weighted by atomic mass is 10.3. The monoisotopic (exact) mass is 251 g/mol.